The third kappa shape index (κ3) is 8.76. The van der Waals surface area contributed by atoms with Gasteiger partial charge in [-0.05, 0) is 0 Å². The molecule has 0 fully saturated rings. The molecule has 54 valence electrons. The summed E-state index contributed by atoms with van der Waals surface area (Å²) < 4.78 is 6.47. The molecule has 0 heterocycles. The van der Waals surface area contributed by atoms with Gasteiger partial charge in [0.2, 0.25) is 0 Å². The summed E-state index contributed by atoms with van der Waals surface area (Å²) in [5, 5.41) is 0. The van der Waals surface area contributed by atoms with Gasteiger partial charge in [-0.15, -0.1) is 0 Å². The summed E-state index contributed by atoms with van der Waals surface area (Å²) >= 11 is -0.510. The second kappa shape index (κ2) is 3.81. The van der Waals surface area contributed by atoms with Crippen molar-refractivity contribution in [2.24, 2.45) is 0 Å². The van der Waals surface area contributed by atoms with Crippen molar-refractivity contribution in [2.75, 3.05) is 0 Å². The molecule has 0 spiro atoms. The van der Waals surface area contributed by atoms with Crippen LogP contribution in [0.25, 0.3) is 0 Å². The third-order valence-corrected chi connectivity index (χ3v) is 4.03. The van der Waals surface area contributed by atoms with Crippen molar-refractivity contribution < 1.29 is 3.07 Å². The van der Waals surface area contributed by atoms with Crippen molar-refractivity contribution in [3.63, 3.8) is 0 Å². The Labute approximate surface area is 68.9 Å². The molecule has 1 nitrogen and oxygen atoms in total. The van der Waals surface area contributed by atoms with Crippen molar-refractivity contribution >= 4 is 21.6 Å². The Hall–Kier alpha value is 0.759. The zero-order valence-electron chi connectivity index (χ0n) is 6.99. The summed E-state index contributed by atoms with van der Waals surface area (Å²) in [5.74, 6) is 0. The first-order valence-electron chi connectivity index (χ1n) is 3.35. The summed E-state index contributed by atoms with van der Waals surface area (Å²) in [5.41, 5.74) is 0.108. The zero-order chi connectivity index (χ0) is 7.49. The first-order chi connectivity index (χ1) is 3.92. The van der Waals surface area contributed by atoms with Gasteiger partial charge in [-0.1, -0.05) is 0 Å². The molecular formula is C7H16OSn. The van der Waals surface area contributed by atoms with Crippen molar-refractivity contribution in [3.05, 3.63) is 0 Å². The first-order valence-corrected chi connectivity index (χ1v) is 6.16. The molecule has 2 radical (unpaired) electrons. The molecular weight excluding hydrogens is 219 g/mol. The molecule has 0 rings (SSSR count). The van der Waals surface area contributed by atoms with Crippen LogP contribution in [0.1, 0.15) is 34.6 Å². The zero-order valence-corrected chi connectivity index (χ0v) is 9.84. The van der Waals surface area contributed by atoms with Crippen molar-refractivity contribution in [1.29, 1.82) is 0 Å². The molecule has 0 saturated heterocycles. The van der Waals surface area contributed by atoms with Crippen LogP contribution in [0.15, 0.2) is 0 Å². The number of hydrogen-bond donors (Lipinski definition) is 0. The minimum absolute atomic E-state index is 0.108. The first kappa shape index (κ1) is 9.76. The molecule has 0 N–H and O–H groups in total. The van der Waals surface area contributed by atoms with Crippen LogP contribution in [0, 0.1) is 0 Å². The molecule has 0 saturated carbocycles. The fourth-order valence-corrected chi connectivity index (χ4v) is 1.98. The second-order valence-corrected chi connectivity index (χ2v) is 8.04. The van der Waals surface area contributed by atoms with E-state index < -0.39 is 21.6 Å². The predicted octanol–water partition coefficient (Wildman–Crippen LogP) is 2.25. The van der Waals surface area contributed by atoms with E-state index in [1.54, 1.807) is 0 Å². The minimum atomic E-state index is -0.510. The van der Waals surface area contributed by atoms with Crippen LogP contribution < -0.4 is 0 Å². The van der Waals surface area contributed by atoms with Crippen LogP contribution in [-0.4, -0.2) is 27.2 Å². The van der Waals surface area contributed by atoms with E-state index in [2.05, 4.69) is 34.6 Å². The summed E-state index contributed by atoms with van der Waals surface area (Å²) in [6.45, 7) is 10.8. The van der Waals surface area contributed by atoms with Crippen molar-refractivity contribution in [2.45, 2.75) is 44.2 Å². The average molecular weight is 235 g/mol. The number of hydrogen-bond acceptors (Lipinski definition) is 1. The Balaban J connectivity index is 3.28. The van der Waals surface area contributed by atoms with E-state index in [0.29, 0.717) is 0 Å². The number of rotatable bonds is 2. The van der Waals surface area contributed by atoms with Gasteiger partial charge in [0.1, 0.15) is 0 Å². The van der Waals surface area contributed by atoms with Crippen LogP contribution in [0.2, 0.25) is 3.93 Å². The van der Waals surface area contributed by atoms with Gasteiger partial charge >= 0.3 is 68.8 Å². The molecule has 0 unspecified atom stereocenters. The Morgan fingerprint density at radius 2 is 1.67 bits per heavy atom. The molecule has 9 heavy (non-hydrogen) atoms. The van der Waals surface area contributed by atoms with Crippen LogP contribution in [0.5, 0.6) is 0 Å². The van der Waals surface area contributed by atoms with Crippen molar-refractivity contribution in [1.82, 2.24) is 0 Å². The van der Waals surface area contributed by atoms with Crippen LogP contribution in [-0.2, 0) is 3.07 Å². The Morgan fingerprint density at radius 3 is 1.78 bits per heavy atom. The van der Waals surface area contributed by atoms with Crippen LogP contribution >= 0.6 is 0 Å². The Kier molecular flexibility index (Phi) is 4.13. The summed E-state index contributed by atoms with van der Waals surface area (Å²) in [4.78, 5) is 0. The topological polar surface area (TPSA) is 9.23 Å². The van der Waals surface area contributed by atoms with Crippen molar-refractivity contribution in [3.8, 4) is 0 Å². The van der Waals surface area contributed by atoms with Gasteiger partial charge in [-0.25, -0.2) is 0 Å². The molecule has 0 amide bonds. The normalized spacial score (nSPS) is 12.7. The van der Waals surface area contributed by atoms with Gasteiger partial charge in [-0.2, -0.15) is 0 Å². The Morgan fingerprint density at radius 1 is 1.22 bits per heavy atom. The molecule has 0 aromatic carbocycles. The van der Waals surface area contributed by atoms with E-state index in [-0.39, 0.29) is 5.60 Å². The van der Waals surface area contributed by atoms with E-state index in [4.69, 9.17) is 3.07 Å². The van der Waals surface area contributed by atoms with Gasteiger partial charge in [-0.3, -0.25) is 0 Å². The molecule has 0 aromatic rings. The van der Waals surface area contributed by atoms with Gasteiger partial charge in [0.25, 0.3) is 0 Å². The maximum atomic E-state index is 5.66. The van der Waals surface area contributed by atoms with Crippen LogP contribution in [0.3, 0.4) is 0 Å². The predicted molar refractivity (Wildman–Crippen MR) is 41.7 cm³/mol. The summed E-state index contributed by atoms with van der Waals surface area (Å²) in [7, 11) is 0. The molecule has 0 aliphatic carbocycles. The van der Waals surface area contributed by atoms with E-state index >= 15 is 0 Å². The maximum absolute atomic E-state index is 5.66. The van der Waals surface area contributed by atoms with Gasteiger partial charge in [0.05, 0.1) is 0 Å². The third-order valence-electron chi connectivity index (χ3n) is 0.601. The SMILES string of the molecule is C[CH](C)[Sn][O]C(C)(C)C. The molecule has 0 aliphatic rings. The summed E-state index contributed by atoms with van der Waals surface area (Å²) in [6, 6.07) is 0. The second-order valence-electron chi connectivity index (χ2n) is 3.49. The Bertz CT molecular complexity index is 73.5. The van der Waals surface area contributed by atoms with E-state index in [0.717, 1.165) is 3.93 Å². The molecule has 0 bridgehead atoms. The molecule has 2 heteroatoms. The van der Waals surface area contributed by atoms with Gasteiger partial charge < -0.3 is 0 Å². The molecule has 0 atom stereocenters. The summed E-state index contributed by atoms with van der Waals surface area (Å²) in [6.07, 6.45) is 0. The average Bonchev–Trinajstić information content (AvgIpc) is 1.59. The fraction of sp³-hybridized carbons (Fsp3) is 1.00. The van der Waals surface area contributed by atoms with E-state index in [1.165, 1.54) is 0 Å². The molecule has 0 aliphatic heterocycles. The van der Waals surface area contributed by atoms with Gasteiger partial charge in [0.15, 0.2) is 0 Å². The van der Waals surface area contributed by atoms with E-state index in [1.807, 2.05) is 0 Å². The van der Waals surface area contributed by atoms with Crippen LogP contribution in [0.4, 0.5) is 0 Å². The monoisotopic (exact) mass is 236 g/mol. The fourth-order valence-electron chi connectivity index (χ4n) is 0.295. The standard InChI is InChI=1S/C4H9O.C3H7.Sn/c1-4(2,3)5;1-3-2;/h1-3H3;3H,1-2H3;/q-1;;+1. The van der Waals surface area contributed by atoms with E-state index in [9.17, 15) is 0 Å². The quantitative estimate of drug-likeness (QED) is 0.667. The molecule has 0 aromatic heterocycles. The van der Waals surface area contributed by atoms with Gasteiger partial charge in [0, 0.05) is 0 Å².